The first-order valence-electron chi connectivity index (χ1n) is 5.72. The lowest BCUT2D eigenvalue weighted by Crippen LogP contribution is -2.23. The predicted octanol–water partition coefficient (Wildman–Crippen LogP) is 1.57. The molecular weight excluding hydrogens is 300 g/mol. The van der Waals surface area contributed by atoms with E-state index in [0.29, 0.717) is 0 Å². The largest absolute Gasteiger partial charge is 0.477 e. The molecule has 0 aliphatic rings. The Kier molecular flexibility index (Phi) is 3.98. The molecule has 0 aromatic carbocycles. The van der Waals surface area contributed by atoms with Crippen molar-refractivity contribution in [2.45, 2.75) is 18.4 Å². The topological polar surface area (TPSA) is 88.4 Å². The molecule has 0 aliphatic heterocycles. The van der Waals surface area contributed by atoms with E-state index in [1.807, 2.05) is 17.7 Å². The minimum Gasteiger partial charge on any atom is -0.477 e. The number of aryl methyl sites for hydroxylation is 2. The van der Waals surface area contributed by atoms with Crippen LogP contribution in [0.1, 0.15) is 21.6 Å². The van der Waals surface area contributed by atoms with Gasteiger partial charge in [0.2, 0.25) is 10.0 Å². The van der Waals surface area contributed by atoms with Crippen molar-refractivity contribution in [2.24, 2.45) is 7.05 Å². The van der Waals surface area contributed by atoms with Gasteiger partial charge in [0.1, 0.15) is 10.6 Å². The van der Waals surface area contributed by atoms with E-state index in [-0.39, 0.29) is 17.1 Å². The number of nitrogens with zero attached hydrogens (tertiary/aromatic N) is 1. The number of carbonyl (C=O) groups is 1. The van der Waals surface area contributed by atoms with E-state index in [2.05, 4.69) is 4.72 Å². The first-order chi connectivity index (χ1) is 9.31. The third kappa shape index (κ3) is 2.92. The molecule has 2 heterocycles. The van der Waals surface area contributed by atoms with Crippen LogP contribution in [-0.4, -0.2) is 24.1 Å². The monoisotopic (exact) mass is 314 g/mol. The number of hydrogen-bond acceptors (Lipinski definition) is 4. The van der Waals surface area contributed by atoms with Crippen molar-refractivity contribution in [2.75, 3.05) is 0 Å². The van der Waals surface area contributed by atoms with Crippen LogP contribution in [0, 0.1) is 6.92 Å². The van der Waals surface area contributed by atoms with Crippen molar-refractivity contribution in [3.63, 3.8) is 0 Å². The Balaban J connectivity index is 2.20. The second kappa shape index (κ2) is 5.39. The number of hydrogen-bond donors (Lipinski definition) is 2. The van der Waals surface area contributed by atoms with Gasteiger partial charge in [0.25, 0.3) is 0 Å². The van der Waals surface area contributed by atoms with Gasteiger partial charge in [-0.3, -0.25) is 0 Å². The number of carboxylic acids is 1. The summed E-state index contributed by atoms with van der Waals surface area (Å²) >= 11 is 1.51. The lowest BCUT2D eigenvalue weighted by atomic mass is 10.2. The van der Waals surface area contributed by atoms with Gasteiger partial charge in [-0.1, -0.05) is 0 Å². The van der Waals surface area contributed by atoms with Gasteiger partial charge in [0, 0.05) is 19.8 Å². The SMILES string of the molecule is Cc1cscc1CNS(=O)(=O)c1cc(C(=O)O)n(C)c1. The van der Waals surface area contributed by atoms with Crippen LogP contribution in [-0.2, 0) is 23.6 Å². The molecule has 0 saturated heterocycles. The molecule has 2 aromatic rings. The molecule has 2 N–H and O–H groups in total. The zero-order valence-corrected chi connectivity index (χ0v) is 12.6. The van der Waals surface area contributed by atoms with Gasteiger partial charge < -0.3 is 9.67 Å². The molecule has 108 valence electrons. The summed E-state index contributed by atoms with van der Waals surface area (Å²) in [6.07, 6.45) is 1.28. The molecule has 6 nitrogen and oxygen atoms in total. The molecule has 0 amide bonds. The van der Waals surface area contributed by atoms with Crippen LogP contribution in [0.3, 0.4) is 0 Å². The molecule has 0 bridgehead atoms. The molecular formula is C12H14N2O4S2. The lowest BCUT2D eigenvalue weighted by Gasteiger charge is -2.04. The number of rotatable bonds is 5. The standard InChI is InChI=1S/C12H14N2O4S2/c1-8-6-19-7-9(8)4-13-20(17,18)10-3-11(12(15)16)14(2)5-10/h3,5-7,13H,4H2,1-2H3,(H,15,16). The maximum absolute atomic E-state index is 12.1. The molecule has 8 heteroatoms. The van der Waals surface area contributed by atoms with Crippen LogP contribution in [0.25, 0.3) is 0 Å². The van der Waals surface area contributed by atoms with E-state index < -0.39 is 16.0 Å². The highest BCUT2D eigenvalue weighted by atomic mass is 32.2. The first kappa shape index (κ1) is 14.8. The Morgan fingerprint density at radius 2 is 2.15 bits per heavy atom. The number of sulfonamides is 1. The number of nitrogens with one attached hydrogen (secondary N) is 1. The van der Waals surface area contributed by atoms with Gasteiger partial charge in [-0.2, -0.15) is 11.3 Å². The lowest BCUT2D eigenvalue weighted by molar-refractivity contribution is 0.0686. The molecule has 0 saturated carbocycles. The van der Waals surface area contributed by atoms with E-state index in [1.54, 1.807) is 0 Å². The summed E-state index contributed by atoms with van der Waals surface area (Å²) in [5.74, 6) is -1.16. The Labute approximate surface area is 120 Å². The zero-order valence-electron chi connectivity index (χ0n) is 11.0. The second-order valence-corrected chi connectivity index (χ2v) is 6.89. The minimum atomic E-state index is -3.72. The Morgan fingerprint density at radius 3 is 2.65 bits per heavy atom. The van der Waals surface area contributed by atoms with Gasteiger partial charge in [-0.05, 0) is 34.9 Å². The molecule has 0 spiro atoms. The third-order valence-electron chi connectivity index (χ3n) is 2.92. The average Bonchev–Trinajstić information content (AvgIpc) is 2.93. The van der Waals surface area contributed by atoms with E-state index in [0.717, 1.165) is 17.2 Å². The van der Waals surface area contributed by atoms with Crippen LogP contribution in [0.5, 0.6) is 0 Å². The van der Waals surface area contributed by atoms with E-state index in [1.165, 1.54) is 29.1 Å². The van der Waals surface area contributed by atoms with Crippen molar-refractivity contribution in [3.8, 4) is 0 Å². The van der Waals surface area contributed by atoms with E-state index in [4.69, 9.17) is 5.11 Å². The molecule has 2 aromatic heterocycles. The van der Waals surface area contributed by atoms with Crippen LogP contribution < -0.4 is 4.72 Å². The zero-order chi connectivity index (χ0) is 14.9. The highest BCUT2D eigenvalue weighted by molar-refractivity contribution is 7.89. The quantitative estimate of drug-likeness (QED) is 0.877. The fourth-order valence-electron chi connectivity index (χ4n) is 1.72. The average molecular weight is 314 g/mol. The van der Waals surface area contributed by atoms with Crippen LogP contribution in [0.2, 0.25) is 0 Å². The number of carboxylic acid groups (broad SMARTS) is 1. The molecule has 0 unspecified atom stereocenters. The summed E-state index contributed by atoms with van der Waals surface area (Å²) in [4.78, 5) is 10.9. The van der Waals surface area contributed by atoms with Gasteiger partial charge in [0.05, 0.1) is 0 Å². The number of thiophene rings is 1. The van der Waals surface area contributed by atoms with Crippen LogP contribution in [0.15, 0.2) is 27.9 Å². The summed E-state index contributed by atoms with van der Waals surface area (Å²) in [5.41, 5.74) is 1.86. The molecule has 2 rings (SSSR count). The van der Waals surface area contributed by atoms with Crippen molar-refractivity contribution in [1.29, 1.82) is 0 Å². The smallest absolute Gasteiger partial charge is 0.352 e. The Bertz CT molecular complexity index is 743. The van der Waals surface area contributed by atoms with Gasteiger partial charge in [0.15, 0.2) is 0 Å². The number of aromatic nitrogens is 1. The molecule has 0 aliphatic carbocycles. The molecule has 0 radical (unpaired) electrons. The molecule has 0 fully saturated rings. The van der Waals surface area contributed by atoms with Gasteiger partial charge in [-0.15, -0.1) is 0 Å². The normalized spacial score (nSPS) is 11.7. The molecule has 0 atom stereocenters. The fraction of sp³-hybridized carbons (Fsp3) is 0.250. The van der Waals surface area contributed by atoms with Crippen molar-refractivity contribution >= 4 is 27.3 Å². The summed E-state index contributed by atoms with van der Waals surface area (Å²) in [6.45, 7) is 2.10. The minimum absolute atomic E-state index is 0.0507. The second-order valence-electron chi connectivity index (χ2n) is 4.38. The summed E-state index contributed by atoms with van der Waals surface area (Å²) in [5, 5.41) is 12.7. The van der Waals surface area contributed by atoms with Gasteiger partial charge >= 0.3 is 5.97 Å². The number of aromatic carboxylic acids is 1. The predicted molar refractivity (Wildman–Crippen MR) is 75.5 cm³/mol. The summed E-state index contributed by atoms with van der Waals surface area (Å²) in [7, 11) is -2.23. The van der Waals surface area contributed by atoms with Gasteiger partial charge in [-0.25, -0.2) is 17.9 Å². The maximum Gasteiger partial charge on any atom is 0.352 e. The molecule has 20 heavy (non-hydrogen) atoms. The Morgan fingerprint density at radius 1 is 1.45 bits per heavy atom. The summed E-state index contributed by atoms with van der Waals surface area (Å²) in [6, 6.07) is 1.14. The van der Waals surface area contributed by atoms with E-state index in [9.17, 15) is 13.2 Å². The van der Waals surface area contributed by atoms with Crippen LogP contribution >= 0.6 is 11.3 Å². The van der Waals surface area contributed by atoms with Crippen LogP contribution in [0.4, 0.5) is 0 Å². The fourth-order valence-corrected chi connectivity index (χ4v) is 3.65. The third-order valence-corrected chi connectivity index (χ3v) is 5.20. The van der Waals surface area contributed by atoms with Crippen molar-refractivity contribution < 1.29 is 18.3 Å². The highest BCUT2D eigenvalue weighted by Crippen LogP contribution is 2.16. The Hall–Kier alpha value is -1.64. The first-order valence-corrected chi connectivity index (χ1v) is 8.15. The van der Waals surface area contributed by atoms with Crippen molar-refractivity contribution in [1.82, 2.24) is 9.29 Å². The highest BCUT2D eigenvalue weighted by Gasteiger charge is 2.20. The van der Waals surface area contributed by atoms with Crippen molar-refractivity contribution in [3.05, 3.63) is 39.8 Å². The maximum atomic E-state index is 12.1. The van der Waals surface area contributed by atoms with E-state index >= 15 is 0 Å². The summed E-state index contributed by atoms with van der Waals surface area (Å²) < 4.78 is 28.0.